The van der Waals surface area contributed by atoms with Gasteiger partial charge in [0.1, 0.15) is 5.75 Å². The van der Waals surface area contributed by atoms with Crippen LogP contribution in [0.15, 0.2) is 60.7 Å². The van der Waals surface area contributed by atoms with Gasteiger partial charge >= 0.3 is 5.97 Å². The van der Waals surface area contributed by atoms with Gasteiger partial charge in [0, 0.05) is 33.4 Å². The van der Waals surface area contributed by atoms with E-state index in [0.717, 1.165) is 42.6 Å². The van der Waals surface area contributed by atoms with Gasteiger partial charge in [-0.2, -0.15) is 0 Å². The number of ether oxygens (including phenoxy) is 2. The molecule has 0 spiro atoms. The number of carbonyl (C=O) groups excluding carboxylic acids is 1. The molecule has 0 aliphatic heterocycles. The number of fused-ring (bicyclic) bond motifs is 3. The lowest BCUT2D eigenvalue weighted by atomic mass is 10.0. The first kappa shape index (κ1) is 22.5. The summed E-state index contributed by atoms with van der Waals surface area (Å²) in [4.78, 5) is 13.9. The molecule has 3 nitrogen and oxygen atoms in total. The smallest absolute Gasteiger partial charge is 0.345 e. The molecule has 4 heteroatoms. The fraction of sp³-hybridized carbons (Fsp3) is 0.300. The van der Waals surface area contributed by atoms with Crippen LogP contribution in [0.1, 0.15) is 43.7 Å². The molecule has 0 atom stereocenters. The standard InChI is InChI=1S/C30H29O3S/c1-4-15-30(16-9-10-17-30)33-28(31)20-32-29-21(2)18-23(19-22(29)3)34-26-13-7-5-11-24(26)25-12-6-8-14-27(25)34/h5-8,11-14,18-19H,9-10,16-17,20H2,1-3H3/q+1. The number of rotatable bonds is 5. The molecule has 1 aromatic heterocycles. The third kappa shape index (κ3) is 4.06. The molecule has 34 heavy (non-hydrogen) atoms. The van der Waals surface area contributed by atoms with E-state index in [1.54, 1.807) is 6.92 Å². The second-order valence-corrected chi connectivity index (χ2v) is 11.0. The first-order valence-electron chi connectivity index (χ1n) is 11.8. The minimum Gasteiger partial charge on any atom is -0.481 e. The van der Waals surface area contributed by atoms with Crippen LogP contribution in [-0.2, 0) is 9.53 Å². The monoisotopic (exact) mass is 469 g/mol. The average molecular weight is 470 g/mol. The van der Waals surface area contributed by atoms with Crippen molar-refractivity contribution in [2.75, 3.05) is 6.61 Å². The van der Waals surface area contributed by atoms with Crippen molar-refractivity contribution in [3.05, 3.63) is 71.8 Å². The number of hydrogen-bond donors (Lipinski definition) is 0. The maximum Gasteiger partial charge on any atom is 0.345 e. The fourth-order valence-electron chi connectivity index (χ4n) is 5.17. The Bertz CT molecular complexity index is 1370. The van der Waals surface area contributed by atoms with Crippen molar-refractivity contribution >= 4 is 36.6 Å². The summed E-state index contributed by atoms with van der Waals surface area (Å²) in [5.74, 6) is 6.45. The Labute approximate surface area is 203 Å². The highest BCUT2D eigenvalue weighted by Gasteiger charge is 2.36. The van der Waals surface area contributed by atoms with Gasteiger partial charge in [0.05, 0.1) is 0 Å². The molecule has 5 rings (SSSR count). The Hall–Kier alpha value is -3.29. The van der Waals surface area contributed by atoms with Gasteiger partial charge in [-0.05, 0) is 81.8 Å². The van der Waals surface area contributed by atoms with Gasteiger partial charge < -0.3 is 9.47 Å². The van der Waals surface area contributed by atoms with Crippen molar-refractivity contribution < 1.29 is 14.3 Å². The topological polar surface area (TPSA) is 35.5 Å². The lowest BCUT2D eigenvalue weighted by Crippen LogP contribution is -2.32. The van der Waals surface area contributed by atoms with E-state index >= 15 is 0 Å². The predicted octanol–water partition coefficient (Wildman–Crippen LogP) is 7.61. The highest BCUT2D eigenvalue weighted by atomic mass is 32.2. The van der Waals surface area contributed by atoms with Gasteiger partial charge in [-0.25, -0.2) is 4.79 Å². The molecular weight excluding hydrogens is 440 g/mol. The molecule has 1 aliphatic carbocycles. The van der Waals surface area contributed by atoms with Crippen LogP contribution < -0.4 is 4.74 Å². The minimum absolute atomic E-state index is 0.106. The van der Waals surface area contributed by atoms with Crippen molar-refractivity contribution in [3.8, 4) is 22.5 Å². The molecule has 3 aromatic carbocycles. The van der Waals surface area contributed by atoms with Crippen LogP contribution in [0.4, 0.5) is 0 Å². The van der Waals surface area contributed by atoms with Crippen molar-refractivity contribution in [3.63, 3.8) is 0 Å². The molecule has 0 amide bonds. The highest BCUT2D eigenvalue weighted by Crippen LogP contribution is 2.49. The molecule has 0 saturated heterocycles. The molecule has 172 valence electrons. The van der Waals surface area contributed by atoms with Crippen molar-refractivity contribution in [2.45, 2.75) is 52.1 Å². The summed E-state index contributed by atoms with van der Waals surface area (Å²) in [5, 5.41) is 2.63. The maximum atomic E-state index is 12.6. The van der Waals surface area contributed by atoms with Gasteiger partial charge in [-0.3, -0.25) is 0 Å². The number of esters is 1. The van der Waals surface area contributed by atoms with Gasteiger partial charge in [0.15, 0.2) is 26.5 Å². The quantitative estimate of drug-likeness (QED) is 0.171. The third-order valence-corrected chi connectivity index (χ3v) is 8.88. The largest absolute Gasteiger partial charge is 0.481 e. The van der Waals surface area contributed by atoms with E-state index in [-0.39, 0.29) is 23.0 Å². The maximum absolute atomic E-state index is 12.6. The van der Waals surface area contributed by atoms with Gasteiger partial charge in [0.2, 0.25) is 0 Å². The number of benzene rings is 3. The average Bonchev–Trinajstić information content (AvgIpc) is 3.41. The van der Waals surface area contributed by atoms with Crippen LogP contribution in [0, 0.1) is 25.7 Å². The van der Waals surface area contributed by atoms with Crippen molar-refractivity contribution in [1.29, 1.82) is 0 Å². The highest BCUT2D eigenvalue weighted by molar-refractivity contribution is 7.50. The molecule has 1 saturated carbocycles. The SMILES string of the molecule is CC#CC1(OC(=O)COc2c(C)cc(-[s+]3c4ccccc4c4ccccc43)cc2C)CCCC1. The first-order chi connectivity index (χ1) is 16.5. The second kappa shape index (κ2) is 9.16. The second-order valence-electron chi connectivity index (χ2n) is 9.02. The van der Waals surface area contributed by atoms with E-state index in [0.29, 0.717) is 0 Å². The van der Waals surface area contributed by atoms with Crippen LogP contribution in [0.5, 0.6) is 5.75 Å². The lowest BCUT2D eigenvalue weighted by molar-refractivity contribution is -0.156. The summed E-state index contributed by atoms with van der Waals surface area (Å²) in [6.07, 6.45) is 3.68. The Balaban J connectivity index is 1.43. The summed E-state index contributed by atoms with van der Waals surface area (Å²) in [7, 11) is -0.156. The molecule has 0 unspecified atom stereocenters. The van der Waals surface area contributed by atoms with Crippen molar-refractivity contribution in [2.24, 2.45) is 0 Å². The third-order valence-electron chi connectivity index (χ3n) is 6.58. The van der Waals surface area contributed by atoms with E-state index in [1.165, 1.54) is 25.1 Å². The van der Waals surface area contributed by atoms with E-state index in [4.69, 9.17) is 9.47 Å². The summed E-state index contributed by atoms with van der Waals surface area (Å²) >= 11 is 0. The van der Waals surface area contributed by atoms with Crippen LogP contribution in [0.25, 0.3) is 25.1 Å². The number of aryl methyl sites for hydroxylation is 2. The molecule has 0 N–H and O–H groups in total. The summed E-state index contributed by atoms with van der Waals surface area (Å²) < 4.78 is 14.5. The van der Waals surface area contributed by atoms with E-state index in [9.17, 15) is 4.79 Å². The Morgan fingerprint density at radius 3 is 2.06 bits per heavy atom. The molecule has 1 aliphatic rings. The fourth-order valence-corrected chi connectivity index (χ4v) is 7.73. The predicted molar refractivity (Wildman–Crippen MR) is 141 cm³/mol. The van der Waals surface area contributed by atoms with Crippen LogP contribution in [0.3, 0.4) is 0 Å². The number of thiophene rings is 1. The molecular formula is C30H29O3S+. The van der Waals surface area contributed by atoms with Crippen molar-refractivity contribution in [1.82, 2.24) is 0 Å². The zero-order valence-corrected chi connectivity index (χ0v) is 20.8. The molecule has 0 bridgehead atoms. The van der Waals surface area contributed by atoms with E-state index < -0.39 is 5.60 Å². The Morgan fingerprint density at radius 2 is 1.50 bits per heavy atom. The molecule has 1 fully saturated rings. The Kier molecular flexibility index (Phi) is 6.06. The summed E-state index contributed by atoms with van der Waals surface area (Å²) in [6, 6.07) is 21.8. The number of carbonyl (C=O) groups is 1. The normalized spacial score (nSPS) is 14.7. The molecule has 1 heterocycles. The van der Waals surface area contributed by atoms with E-state index in [1.807, 2.05) is 0 Å². The van der Waals surface area contributed by atoms with Gasteiger partial charge in [-0.1, -0.05) is 30.2 Å². The molecule has 0 radical (unpaired) electrons. The summed E-state index contributed by atoms with van der Waals surface area (Å²) in [5.41, 5.74) is 1.43. The lowest BCUT2D eigenvalue weighted by Gasteiger charge is -2.23. The summed E-state index contributed by atoms with van der Waals surface area (Å²) in [6.45, 7) is 5.79. The molecule has 4 aromatic rings. The number of hydrogen-bond acceptors (Lipinski definition) is 3. The van der Waals surface area contributed by atoms with Crippen LogP contribution >= 0.6 is 10.5 Å². The van der Waals surface area contributed by atoms with Gasteiger partial charge in [0.25, 0.3) is 0 Å². The zero-order valence-electron chi connectivity index (χ0n) is 19.9. The zero-order chi connectivity index (χ0) is 23.7. The van der Waals surface area contributed by atoms with E-state index in [2.05, 4.69) is 86.4 Å². The van der Waals surface area contributed by atoms with Crippen LogP contribution in [-0.4, -0.2) is 18.2 Å². The Morgan fingerprint density at radius 1 is 0.941 bits per heavy atom. The minimum atomic E-state index is -0.631. The van der Waals surface area contributed by atoms with Crippen LogP contribution in [0.2, 0.25) is 0 Å². The first-order valence-corrected chi connectivity index (χ1v) is 13.1. The van der Waals surface area contributed by atoms with Gasteiger partial charge in [-0.15, -0.1) is 5.92 Å².